The van der Waals surface area contributed by atoms with Crippen LogP contribution in [0.3, 0.4) is 0 Å². The molecular weight excluding hydrogens is 229 g/mol. The fourth-order valence-electron chi connectivity index (χ4n) is 0.904. The number of benzene rings is 1. The summed E-state index contributed by atoms with van der Waals surface area (Å²) in [5.41, 5.74) is 0.797. The van der Waals surface area contributed by atoms with Gasteiger partial charge in [0, 0.05) is 0 Å². The molecule has 0 bridgehead atoms. The van der Waals surface area contributed by atoms with Gasteiger partial charge in [-0.05, 0) is 0 Å². The van der Waals surface area contributed by atoms with Gasteiger partial charge in [0.15, 0.2) is 0 Å². The number of aromatic hydroxyl groups is 1. The molecule has 70 valence electrons. The molecule has 0 fully saturated rings. The van der Waals surface area contributed by atoms with Gasteiger partial charge in [-0.2, -0.15) is 0 Å². The molecule has 0 aliphatic heterocycles. The van der Waals surface area contributed by atoms with Gasteiger partial charge in [-0.1, -0.05) is 0 Å². The summed E-state index contributed by atoms with van der Waals surface area (Å²) in [4.78, 5) is 4.22. The van der Waals surface area contributed by atoms with E-state index < -0.39 is 0 Å². The van der Waals surface area contributed by atoms with Gasteiger partial charge in [0.1, 0.15) is 0 Å². The number of phenolic OH excluding ortho intramolecular Hbond substituents is 1. The number of hydrogen-bond donors (Lipinski definition) is 1. The van der Waals surface area contributed by atoms with Crippen molar-refractivity contribution in [2.24, 2.45) is 4.99 Å². The third-order valence-corrected chi connectivity index (χ3v) is 2.83. The molecule has 1 aromatic carbocycles. The summed E-state index contributed by atoms with van der Waals surface area (Å²) in [5, 5.41) is 10.5. The van der Waals surface area contributed by atoms with Crippen molar-refractivity contribution in [1.82, 2.24) is 0 Å². The molecule has 0 saturated heterocycles. The van der Waals surface area contributed by atoms with Crippen molar-refractivity contribution in [1.29, 1.82) is 0 Å². The maximum absolute atomic E-state index is 9.38. The molecule has 0 atom stereocenters. The Morgan fingerprint density at radius 1 is 1.46 bits per heavy atom. The third-order valence-electron chi connectivity index (χ3n) is 1.59. The molecule has 1 N–H and O–H groups in total. The van der Waals surface area contributed by atoms with Crippen LogP contribution in [0.2, 0.25) is 11.1 Å². The molecule has 13 heavy (non-hydrogen) atoms. The number of hydrogen-bond acceptors (Lipinski definition) is 2. The molecule has 0 saturated carbocycles. The first-order valence-corrected chi connectivity index (χ1v) is 7.04. The quantitative estimate of drug-likeness (QED) is 0.488. The molecule has 2 nitrogen and oxygen atoms in total. The zero-order valence-electron chi connectivity index (χ0n) is 7.60. The van der Waals surface area contributed by atoms with Crippen LogP contribution in [-0.2, 0) is 0 Å². The van der Waals surface area contributed by atoms with E-state index in [9.17, 15) is 5.11 Å². The minimum atomic E-state index is 0.299. The second kappa shape index (κ2) is 5.79. The molecule has 0 unspecified atom stereocenters. The van der Waals surface area contributed by atoms with E-state index in [2.05, 4.69) is 10.8 Å². The van der Waals surface area contributed by atoms with Crippen LogP contribution in [0.5, 0.6) is 5.75 Å². The summed E-state index contributed by atoms with van der Waals surface area (Å²) < 4.78 is 0. The zero-order valence-corrected chi connectivity index (χ0v) is 9.32. The molecule has 0 radical (unpaired) electrons. The van der Waals surface area contributed by atoms with Gasteiger partial charge in [0.2, 0.25) is 0 Å². The van der Waals surface area contributed by atoms with Crippen LogP contribution in [0.1, 0.15) is 5.56 Å². The summed E-state index contributed by atoms with van der Waals surface area (Å²) in [6.45, 7) is 0.866. The van der Waals surface area contributed by atoms with Crippen molar-refractivity contribution in [3.8, 4) is 5.75 Å². The van der Waals surface area contributed by atoms with E-state index in [1.54, 1.807) is 12.3 Å². The van der Waals surface area contributed by atoms with Crippen LogP contribution in [0.25, 0.3) is 0 Å². The Morgan fingerprint density at radius 2 is 2.23 bits per heavy atom. The Hall–Kier alpha value is -0.791. The van der Waals surface area contributed by atoms with Crippen molar-refractivity contribution in [2.75, 3.05) is 6.54 Å². The van der Waals surface area contributed by atoms with Gasteiger partial charge in [-0.3, -0.25) is 0 Å². The van der Waals surface area contributed by atoms with Crippen molar-refractivity contribution in [2.45, 2.75) is 11.1 Å². The SMILES string of the molecule is C[Se]CCN=Cc1ccccc1O. The van der Waals surface area contributed by atoms with Gasteiger partial charge < -0.3 is 0 Å². The van der Waals surface area contributed by atoms with Crippen LogP contribution >= 0.6 is 0 Å². The first-order chi connectivity index (χ1) is 6.34. The molecule has 0 amide bonds. The summed E-state index contributed by atoms with van der Waals surface area (Å²) in [7, 11) is 0. The molecule has 0 aliphatic rings. The maximum atomic E-state index is 9.38. The first-order valence-electron chi connectivity index (χ1n) is 4.11. The summed E-state index contributed by atoms with van der Waals surface area (Å²) in [5.74, 6) is 2.50. The van der Waals surface area contributed by atoms with Crippen LogP contribution in [0.4, 0.5) is 0 Å². The molecule has 0 spiro atoms. The summed E-state index contributed by atoms with van der Waals surface area (Å²) in [6.07, 6.45) is 1.74. The Labute approximate surface area is 84.9 Å². The Bertz CT molecular complexity index is 286. The van der Waals surface area contributed by atoms with Crippen molar-refractivity contribution in [3.63, 3.8) is 0 Å². The van der Waals surface area contributed by atoms with Crippen molar-refractivity contribution >= 4 is 21.2 Å². The van der Waals surface area contributed by atoms with E-state index in [-0.39, 0.29) is 0 Å². The van der Waals surface area contributed by atoms with Gasteiger partial charge in [-0.15, -0.1) is 0 Å². The van der Waals surface area contributed by atoms with Gasteiger partial charge >= 0.3 is 84.5 Å². The minimum absolute atomic E-state index is 0.299. The molecular formula is C10H13NOSe. The Balaban J connectivity index is 2.53. The van der Waals surface area contributed by atoms with E-state index in [4.69, 9.17) is 0 Å². The first kappa shape index (κ1) is 10.3. The van der Waals surface area contributed by atoms with E-state index in [1.807, 2.05) is 18.2 Å². The summed E-state index contributed by atoms with van der Waals surface area (Å²) in [6, 6.07) is 7.23. The second-order valence-electron chi connectivity index (χ2n) is 2.59. The number of phenols is 1. The Kier molecular flexibility index (Phi) is 4.58. The van der Waals surface area contributed by atoms with Crippen LogP contribution in [0.15, 0.2) is 29.3 Å². The van der Waals surface area contributed by atoms with Gasteiger partial charge in [-0.25, -0.2) is 0 Å². The molecule has 1 rings (SSSR count). The Morgan fingerprint density at radius 3 is 2.92 bits per heavy atom. The number of rotatable bonds is 4. The fraction of sp³-hybridized carbons (Fsp3) is 0.300. The molecule has 1 aromatic rings. The standard InChI is InChI=1S/C10H13NOSe/c1-13-7-6-11-8-9-4-2-3-5-10(9)12/h2-5,8,12H,6-7H2,1H3. The van der Waals surface area contributed by atoms with Gasteiger partial charge in [0.25, 0.3) is 0 Å². The van der Waals surface area contributed by atoms with Crippen LogP contribution < -0.4 is 0 Å². The van der Waals surface area contributed by atoms with E-state index in [0.29, 0.717) is 20.7 Å². The number of aliphatic imine (C=N–C) groups is 1. The number of para-hydroxylation sites is 1. The predicted molar refractivity (Wildman–Crippen MR) is 57.0 cm³/mol. The van der Waals surface area contributed by atoms with E-state index in [1.165, 1.54) is 0 Å². The normalized spacial score (nSPS) is 10.8. The fourth-order valence-corrected chi connectivity index (χ4v) is 1.51. The van der Waals surface area contributed by atoms with Crippen molar-refractivity contribution < 1.29 is 5.11 Å². The second-order valence-corrected chi connectivity index (χ2v) is 4.65. The third kappa shape index (κ3) is 3.62. The van der Waals surface area contributed by atoms with E-state index >= 15 is 0 Å². The van der Waals surface area contributed by atoms with Crippen LogP contribution in [0, 0.1) is 0 Å². The van der Waals surface area contributed by atoms with E-state index in [0.717, 1.165) is 17.4 Å². The number of nitrogens with zero attached hydrogens (tertiary/aromatic N) is 1. The predicted octanol–water partition coefficient (Wildman–Crippen LogP) is 1.98. The average molecular weight is 242 g/mol. The average Bonchev–Trinajstić information content (AvgIpc) is 2.15. The summed E-state index contributed by atoms with van der Waals surface area (Å²) >= 11 is 0.691. The topological polar surface area (TPSA) is 32.6 Å². The zero-order chi connectivity index (χ0) is 9.52. The molecule has 0 aliphatic carbocycles. The monoisotopic (exact) mass is 243 g/mol. The van der Waals surface area contributed by atoms with Crippen LogP contribution in [-0.4, -0.2) is 32.8 Å². The van der Waals surface area contributed by atoms with Gasteiger partial charge in [0.05, 0.1) is 0 Å². The van der Waals surface area contributed by atoms with Crippen molar-refractivity contribution in [3.05, 3.63) is 29.8 Å². The molecule has 3 heteroatoms. The molecule has 0 heterocycles. The molecule has 0 aromatic heterocycles.